The molecule has 13 heteroatoms. The number of nitrogens with zero attached hydrogens (tertiary/aromatic N) is 2. The summed E-state index contributed by atoms with van der Waals surface area (Å²) in [5, 5.41) is 2.61. The zero-order valence-electron chi connectivity index (χ0n) is 19.4. The molecule has 35 heavy (non-hydrogen) atoms. The Hall–Kier alpha value is -2.74. The van der Waals surface area contributed by atoms with Crippen molar-refractivity contribution in [2.24, 2.45) is 0 Å². The van der Waals surface area contributed by atoms with Crippen LogP contribution < -0.4 is 14.4 Å². The summed E-state index contributed by atoms with van der Waals surface area (Å²) in [7, 11) is -7.42. The topological polar surface area (TPSA) is 122 Å². The molecule has 1 atom stereocenters. The number of morpholine rings is 1. The maximum absolute atomic E-state index is 13.2. The van der Waals surface area contributed by atoms with Crippen molar-refractivity contribution < 1.29 is 35.5 Å². The molecule has 10 nitrogen and oxygen atoms in total. The highest BCUT2D eigenvalue weighted by molar-refractivity contribution is 7.92. The van der Waals surface area contributed by atoms with Gasteiger partial charge < -0.3 is 14.8 Å². The first-order chi connectivity index (χ1) is 16.5. The van der Waals surface area contributed by atoms with Gasteiger partial charge in [-0.05, 0) is 55.5 Å². The normalized spacial score (nSPS) is 15.9. The molecule has 1 aliphatic rings. The van der Waals surface area contributed by atoms with E-state index in [1.807, 2.05) is 0 Å². The minimum Gasteiger partial charge on any atom is -0.492 e. The molecule has 0 unspecified atom stereocenters. The number of rotatable bonds is 10. The lowest BCUT2D eigenvalue weighted by atomic mass is 10.2. The number of sulfonamides is 2. The summed E-state index contributed by atoms with van der Waals surface area (Å²) in [4.78, 5) is 12.7. The van der Waals surface area contributed by atoms with Crippen LogP contribution in [-0.4, -0.2) is 78.8 Å². The van der Waals surface area contributed by atoms with E-state index < -0.39 is 37.8 Å². The van der Waals surface area contributed by atoms with Gasteiger partial charge >= 0.3 is 0 Å². The molecule has 2 aromatic carbocycles. The van der Waals surface area contributed by atoms with Crippen LogP contribution in [0.25, 0.3) is 0 Å². The fourth-order valence-corrected chi connectivity index (χ4v) is 6.11. The fourth-order valence-electron chi connectivity index (χ4n) is 3.53. The van der Waals surface area contributed by atoms with Gasteiger partial charge in [-0.3, -0.25) is 9.10 Å². The molecule has 1 saturated heterocycles. The quantitative estimate of drug-likeness (QED) is 0.459. The first-order valence-corrected chi connectivity index (χ1v) is 14.1. The van der Waals surface area contributed by atoms with Gasteiger partial charge in [-0.15, -0.1) is 0 Å². The van der Waals surface area contributed by atoms with Gasteiger partial charge in [0.25, 0.3) is 0 Å². The Balaban J connectivity index is 1.53. The summed E-state index contributed by atoms with van der Waals surface area (Å²) < 4.78 is 76.1. The summed E-state index contributed by atoms with van der Waals surface area (Å²) in [6.45, 7) is 2.90. The van der Waals surface area contributed by atoms with Gasteiger partial charge in [0, 0.05) is 13.1 Å². The molecule has 1 heterocycles. The van der Waals surface area contributed by atoms with Crippen molar-refractivity contribution in [3.63, 3.8) is 0 Å². The van der Waals surface area contributed by atoms with Crippen LogP contribution in [0.1, 0.15) is 6.92 Å². The number of benzene rings is 2. The standard InChI is InChI=1S/C22H28FN3O7S2/c1-17(26(34(2,28)29)19-5-3-18(23)4-6-19)22(27)24-11-14-33-20-7-9-21(10-8-20)35(30,31)25-12-15-32-16-13-25/h3-10,17H,11-16H2,1-2H3,(H,24,27)/t17-/m0/s1. The molecule has 1 N–H and O–H groups in total. The molecule has 3 rings (SSSR count). The summed E-state index contributed by atoms with van der Waals surface area (Å²) in [6, 6.07) is 9.67. The molecule has 0 bridgehead atoms. The highest BCUT2D eigenvalue weighted by Gasteiger charge is 2.29. The van der Waals surface area contributed by atoms with Crippen LogP contribution in [0.5, 0.6) is 5.75 Å². The fraction of sp³-hybridized carbons (Fsp3) is 0.409. The first kappa shape index (κ1) is 26.9. The molecule has 2 aromatic rings. The zero-order valence-corrected chi connectivity index (χ0v) is 21.0. The molecule has 1 amide bonds. The first-order valence-electron chi connectivity index (χ1n) is 10.8. The lowest BCUT2D eigenvalue weighted by Crippen LogP contribution is -2.48. The van der Waals surface area contributed by atoms with E-state index in [0.29, 0.717) is 32.1 Å². The number of carbonyl (C=O) groups excluding carboxylic acids is 1. The van der Waals surface area contributed by atoms with Crippen molar-refractivity contribution in [1.29, 1.82) is 0 Å². The molecule has 192 valence electrons. The highest BCUT2D eigenvalue weighted by Crippen LogP contribution is 2.22. The van der Waals surface area contributed by atoms with E-state index in [1.54, 1.807) is 0 Å². The number of ether oxygens (including phenoxy) is 2. The van der Waals surface area contributed by atoms with Crippen LogP contribution in [0, 0.1) is 5.82 Å². The van der Waals surface area contributed by atoms with Gasteiger partial charge in [-0.25, -0.2) is 21.2 Å². The maximum Gasteiger partial charge on any atom is 0.243 e. The average Bonchev–Trinajstić information content (AvgIpc) is 2.83. The Labute approximate surface area is 204 Å². The Morgan fingerprint density at radius 2 is 1.69 bits per heavy atom. The second-order valence-corrected chi connectivity index (χ2v) is 11.6. The third kappa shape index (κ3) is 6.90. The average molecular weight is 530 g/mol. The minimum absolute atomic E-state index is 0.0729. The SMILES string of the molecule is C[C@@H](C(=O)NCCOc1ccc(S(=O)(=O)N2CCOCC2)cc1)N(c1ccc(F)cc1)S(C)(=O)=O. The van der Waals surface area contributed by atoms with Crippen molar-refractivity contribution >= 4 is 31.6 Å². The van der Waals surface area contributed by atoms with Crippen LogP contribution in [0.3, 0.4) is 0 Å². The van der Waals surface area contributed by atoms with E-state index in [0.717, 1.165) is 22.7 Å². The van der Waals surface area contributed by atoms with Crippen molar-refractivity contribution in [2.45, 2.75) is 17.9 Å². The summed E-state index contributed by atoms with van der Waals surface area (Å²) >= 11 is 0. The summed E-state index contributed by atoms with van der Waals surface area (Å²) in [6.07, 6.45) is 0.964. The number of hydrogen-bond acceptors (Lipinski definition) is 7. The monoisotopic (exact) mass is 529 g/mol. The highest BCUT2D eigenvalue weighted by atomic mass is 32.2. The van der Waals surface area contributed by atoms with E-state index in [-0.39, 0.29) is 23.7 Å². The third-order valence-corrected chi connectivity index (χ3v) is 8.43. The Kier molecular flexibility index (Phi) is 8.70. The molecule has 0 radical (unpaired) electrons. The summed E-state index contributed by atoms with van der Waals surface area (Å²) in [5.74, 6) is -0.671. The molecule has 0 aromatic heterocycles. The smallest absolute Gasteiger partial charge is 0.243 e. The van der Waals surface area contributed by atoms with Gasteiger partial charge in [0.2, 0.25) is 26.0 Å². The van der Waals surface area contributed by atoms with Gasteiger partial charge in [0.05, 0.1) is 36.6 Å². The van der Waals surface area contributed by atoms with Gasteiger partial charge in [-0.2, -0.15) is 4.31 Å². The predicted octanol–water partition coefficient (Wildman–Crippen LogP) is 1.20. The molecule has 1 aliphatic heterocycles. The minimum atomic E-state index is -3.81. The van der Waals surface area contributed by atoms with Crippen molar-refractivity contribution in [3.8, 4) is 5.75 Å². The van der Waals surface area contributed by atoms with Crippen LogP contribution in [0.15, 0.2) is 53.4 Å². The molecule has 1 fully saturated rings. The second kappa shape index (κ2) is 11.3. The number of nitrogens with one attached hydrogen (secondary N) is 1. The third-order valence-electron chi connectivity index (χ3n) is 5.27. The number of hydrogen-bond donors (Lipinski definition) is 1. The van der Waals surface area contributed by atoms with Crippen molar-refractivity contribution in [3.05, 3.63) is 54.3 Å². The maximum atomic E-state index is 13.2. The van der Waals surface area contributed by atoms with E-state index >= 15 is 0 Å². The van der Waals surface area contributed by atoms with Crippen LogP contribution >= 0.6 is 0 Å². The van der Waals surface area contributed by atoms with Crippen LogP contribution in [0.2, 0.25) is 0 Å². The number of amides is 1. The number of anilines is 1. The number of carbonyl (C=O) groups is 1. The Bertz CT molecular complexity index is 1210. The second-order valence-electron chi connectivity index (χ2n) is 7.84. The lowest BCUT2D eigenvalue weighted by Gasteiger charge is -2.28. The molecular weight excluding hydrogens is 501 g/mol. The van der Waals surface area contributed by atoms with Crippen LogP contribution in [0.4, 0.5) is 10.1 Å². The van der Waals surface area contributed by atoms with Gasteiger partial charge in [-0.1, -0.05) is 0 Å². The molecule has 0 spiro atoms. The lowest BCUT2D eigenvalue weighted by molar-refractivity contribution is -0.121. The predicted molar refractivity (Wildman–Crippen MR) is 128 cm³/mol. The van der Waals surface area contributed by atoms with Crippen LogP contribution in [-0.2, 0) is 29.6 Å². The largest absolute Gasteiger partial charge is 0.492 e. The van der Waals surface area contributed by atoms with Gasteiger partial charge in [0.1, 0.15) is 24.2 Å². The van der Waals surface area contributed by atoms with E-state index in [2.05, 4.69) is 5.32 Å². The molecular formula is C22H28FN3O7S2. The van der Waals surface area contributed by atoms with E-state index in [1.165, 1.54) is 47.6 Å². The Morgan fingerprint density at radius 3 is 2.26 bits per heavy atom. The van der Waals surface area contributed by atoms with E-state index in [9.17, 15) is 26.0 Å². The zero-order chi connectivity index (χ0) is 25.6. The molecule has 0 saturated carbocycles. The van der Waals surface area contributed by atoms with Crippen molar-refractivity contribution in [2.75, 3.05) is 50.0 Å². The van der Waals surface area contributed by atoms with Gasteiger partial charge in [0.15, 0.2) is 0 Å². The summed E-state index contributed by atoms with van der Waals surface area (Å²) in [5.41, 5.74) is 0.167. The Morgan fingerprint density at radius 1 is 1.09 bits per heavy atom. The van der Waals surface area contributed by atoms with E-state index in [4.69, 9.17) is 9.47 Å². The molecule has 0 aliphatic carbocycles. The number of halogens is 1. The van der Waals surface area contributed by atoms with Crippen molar-refractivity contribution in [1.82, 2.24) is 9.62 Å².